The van der Waals surface area contributed by atoms with Gasteiger partial charge in [-0.2, -0.15) is 5.10 Å². The molecule has 0 aromatic carbocycles. The number of aromatic nitrogens is 2. The Kier molecular flexibility index (Phi) is 4.32. The lowest BCUT2D eigenvalue weighted by atomic mass is 10.1. The lowest BCUT2D eigenvalue weighted by Crippen LogP contribution is -2.12. The molecule has 0 amide bonds. The molecule has 2 rings (SSSR count). The van der Waals surface area contributed by atoms with E-state index in [1.165, 1.54) is 15.3 Å². The largest absolute Gasteiger partial charge is 0.358 e. The number of rotatable bonds is 5. The van der Waals surface area contributed by atoms with Gasteiger partial charge in [0.25, 0.3) is 0 Å². The summed E-state index contributed by atoms with van der Waals surface area (Å²) in [5.74, 6) is 0.482. The van der Waals surface area contributed by atoms with Gasteiger partial charge in [-0.25, -0.2) is 4.68 Å². The van der Waals surface area contributed by atoms with Crippen LogP contribution in [0.25, 0.3) is 0 Å². The molecule has 114 valence electrons. The first-order chi connectivity index (χ1) is 9.85. The van der Waals surface area contributed by atoms with E-state index in [1.54, 1.807) is 22.9 Å². The minimum atomic E-state index is -0.366. The van der Waals surface area contributed by atoms with Crippen LogP contribution in [-0.4, -0.2) is 14.7 Å². The summed E-state index contributed by atoms with van der Waals surface area (Å²) in [4.78, 5) is 13.4. The molecule has 0 spiro atoms. The van der Waals surface area contributed by atoms with Gasteiger partial charge >= 0.3 is 5.69 Å². The minimum absolute atomic E-state index is 0.00458. The first kappa shape index (κ1) is 15.5. The van der Waals surface area contributed by atoms with E-state index in [4.69, 9.17) is 0 Å². The number of nitro groups is 1. The first-order valence-electron chi connectivity index (χ1n) is 6.90. The van der Waals surface area contributed by atoms with E-state index in [-0.39, 0.29) is 16.7 Å². The molecule has 0 radical (unpaired) electrons. The average Bonchev–Trinajstić information content (AvgIpc) is 2.89. The van der Waals surface area contributed by atoms with Crippen molar-refractivity contribution in [3.05, 3.63) is 37.2 Å². The predicted molar refractivity (Wildman–Crippen MR) is 85.1 cm³/mol. The maximum Gasteiger partial charge on any atom is 0.333 e. The molecule has 2 aromatic rings. The molecule has 0 aliphatic rings. The number of thiophene rings is 1. The first-order valence-corrected chi connectivity index (χ1v) is 7.72. The second-order valence-electron chi connectivity index (χ2n) is 5.09. The van der Waals surface area contributed by atoms with Crippen molar-refractivity contribution >= 4 is 22.8 Å². The molecule has 2 aromatic heterocycles. The topological polar surface area (TPSA) is 73.0 Å². The summed E-state index contributed by atoms with van der Waals surface area (Å²) in [5.41, 5.74) is 1.68. The van der Waals surface area contributed by atoms with Crippen LogP contribution >= 0.6 is 11.3 Å². The monoisotopic (exact) mass is 308 g/mol. The van der Waals surface area contributed by atoms with Gasteiger partial charge in [0.15, 0.2) is 0 Å². The Balaban J connectivity index is 2.38. The molecule has 0 saturated heterocycles. The van der Waals surface area contributed by atoms with Crippen LogP contribution in [0.1, 0.15) is 40.9 Å². The van der Waals surface area contributed by atoms with Crippen LogP contribution in [0.4, 0.5) is 11.5 Å². The van der Waals surface area contributed by atoms with Crippen LogP contribution in [0.5, 0.6) is 0 Å². The summed E-state index contributed by atoms with van der Waals surface area (Å²) in [6.45, 7) is 10.3. The molecule has 0 aliphatic carbocycles. The van der Waals surface area contributed by atoms with Gasteiger partial charge in [-0.1, -0.05) is 0 Å². The van der Waals surface area contributed by atoms with E-state index < -0.39 is 0 Å². The number of hydrogen-bond acceptors (Lipinski definition) is 5. The Hall–Kier alpha value is -1.89. The predicted octanol–water partition coefficient (Wildman–Crippen LogP) is 3.97. The molecule has 0 bridgehead atoms. The van der Waals surface area contributed by atoms with Crippen molar-refractivity contribution < 1.29 is 4.92 Å². The Morgan fingerprint density at radius 2 is 2.14 bits per heavy atom. The van der Waals surface area contributed by atoms with Gasteiger partial charge in [0.05, 0.1) is 11.0 Å². The molecular formula is C14H20N4O2S. The highest BCUT2D eigenvalue weighted by Gasteiger charge is 2.26. The van der Waals surface area contributed by atoms with Gasteiger partial charge in [-0.3, -0.25) is 10.1 Å². The number of hydrogen-bond donors (Lipinski definition) is 1. The number of nitrogens with zero attached hydrogens (tertiary/aromatic N) is 3. The van der Waals surface area contributed by atoms with E-state index >= 15 is 0 Å². The van der Waals surface area contributed by atoms with Crippen LogP contribution in [0.15, 0.2) is 6.07 Å². The van der Waals surface area contributed by atoms with E-state index in [0.29, 0.717) is 18.1 Å². The fourth-order valence-electron chi connectivity index (χ4n) is 2.53. The van der Waals surface area contributed by atoms with Crippen LogP contribution in [0, 0.1) is 30.9 Å². The van der Waals surface area contributed by atoms with Crippen molar-refractivity contribution in [1.82, 2.24) is 9.78 Å². The normalized spacial score (nSPS) is 12.4. The Morgan fingerprint density at radius 1 is 1.48 bits per heavy atom. The average molecular weight is 308 g/mol. The van der Waals surface area contributed by atoms with Gasteiger partial charge in [-0.15, -0.1) is 11.3 Å². The fourth-order valence-corrected chi connectivity index (χ4v) is 3.55. The van der Waals surface area contributed by atoms with Gasteiger partial charge in [0, 0.05) is 16.3 Å². The molecule has 7 heteroatoms. The third-order valence-electron chi connectivity index (χ3n) is 3.48. The van der Waals surface area contributed by atoms with E-state index in [9.17, 15) is 10.1 Å². The molecule has 2 heterocycles. The van der Waals surface area contributed by atoms with Gasteiger partial charge < -0.3 is 5.32 Å². The zero-order valence-electron chi connectivity index (χ0n) is 12.9. The quantitative estimate of drug-likeness (QED) is 0.670. The molecule has 1 unspecified atom stereocenters. The van der Waals surface area contributed by atoms with Gasteiger partial charge in [0.1, 0.15) is 5.69 Å². The third-order valence-corrected chi connectivity index (χ3v) is 4.46. The summed E-state index contributed by atoms with van der Waals surface area (Å²) in [6.07, 6.45) is 0. The fraction of sp³-hybridized carbons (Fsp3) is 0.500. The second-order valence-corrected chi connectivity index (χ2v) is 6.55. The standard InChI is InChI=1S/C14H20N4O2S/c1-6-17-14(13(18(19)20)10(4)16-17)15-9(3)12-7-8(2)21-11(12)5/h7,9,15H,6H2,1-5H3. The number of aryl methyl sites for hydroxylation is 4. The molecule has 6 nitrogen and oxygen atoms in total. The Labute approximate surface area is 127 Å². The number of nitrogens with one attached hydrogen (secondary N) is 1. The molecule has 0 fully saturated rings. The van der Waals surface area contributed by atoms with Crippen LogP contribution in [-0.2, 0) is 6.54 Å². The molecular weight excluding hydrogens is 288 g/mol. The van der Waals surface area contributed by atoms with E-state index in [2.05, 4.69) is 30.3 Å². The molecule has 0 aliphatic heterocycles. The molecule has 1 N–H and O–H groups in total. The van der Waals surface area contributed by atoms with Crippen LogP contribution in [0.2, 0.25) is 0 Å². The maximum atomic E-state index is 11.3. The van der Waals surface area contributed by atoms with Crippen LogP contribution in [0.3, 0.4) is 0 Å². The Bertz CT molecular complexity index is 675. The highest BCUT2D eigenvalue weighted by Crippen LogP contribution is 2.33. The molecule has 0 saturated carbocycles. The lowest BCUT2D eigenvalue weighted by Gasteiger charge is -2.15. The van der Waals surface area contributed by atoms with Crippen LogP contribution < -0.4 is 5.32 Å². The zero-order chi connectivity index (χ0) is 15.7. The van der Waals surface area contributed by atoms with E-state index in [1.807, 2.05) is 13.8 Å². The van der Waals surface area contributed by atoms with Crippen molar-refractivity contribution in [3.8, 4) is 0 Å². The third kappa shape index (κ3) is 2.92. The van der Waals surface area contributed by atoms with Gasteiger partial charge in [0.2, 0.25) is 5.82 Å². The van der Waals surface area contributed by atoms with Crippen molar-refractivity contribution in [3.63, 3.8) is 0 Å². The minimum Gasteiger partial charge on any atom is -0.358 e. The van der Waals surface area contributed by atoms with Crippen molar-refractivity contribution in [2.24, 2.45) is 0 Å². The van der Waals surface area contributed by atoms with Gasteiger partial charge in [-0.05, 0) is 46.2 Å². The summed E-state index contributed by atoms with van der Waals surface area (Å²) in [6, 6.07) is 2.12. The van der Waals surface area contributed by atoms with Crippen molar-refractivity contribution in [2.45, 2.75) is 47.2 Å². The highest BCUT2D eigenvalue weighted by atomic mass is 32.1. The molecule has 21 heavy (non-hydrogen) atoms. The molecule has 1 atom stereocenters. The SMILES string of the molecule is CCn1nc(C)c([N+](=O)[O-])c1NC(C)c1cc(C)sc1C. The number of anilines is 1. The lowest BCUT2D eigenvalue weighted by molar-refractivity contribution is -0.384. The second kappa shape index (κ2) is 5.85. The van der Waals surface area contributed by atoms with Crippen molar-refractivity contribution in [2.75, 3.05) is 5.32 Å². The summed E-state index contributed by atoms with van der Waals surface area (Å²) < 4.78 is 1.65. The highest BCUT2D eigenvalue weighted by molar-refractivity contribution is 7.12. The smallest absolute Gasteiger partial charge is 0.333 e. The summed E-state index contributed by atoms with van der Waals surface area (Å²) in [5, 5.41) is 18.8. The van der Waals surface area contributed by atoms with E-state index in [0.717, 1.165) is 0 Å². The summed E-state index contributed by atoms with van der Waals surface area (Å²) in [7, 11) is 0. The maximum absolute atomic E-state index is 11.3. The zero-order valence-corrected chi connectivity index (χ0v) is 13.7. The van der Waals surface area contributed by atoms with Crippen molar-refractivity contribution in [1.29, 1.82) is 0 Å². The Morgan fingerprint density at radius 3 is 2.62 bits per heavy atom. The summed E-state index contributed by atoms with van der Waals surface area (Å²) >= 11 is 1.74.